The van der Waals surface area contributed by atoms with Gasteiger partial charge in [0.2, 0.25) is 5.95 Å². The normalized spacial score (nSPS) is 10.9. The van der Waals surface area contributed by atoms with Crippen LogP contribution in [0, 0.1) is 13.8 Å². The zero-order valence-electron chi connectivity index (χ0n) is 15.2. The molecule has 0 unspecified atom stereocenters. The van der Waals surface area contributed by atoms with Gasteiger partial charge in [0.15, 0.2) is 17.0 Å². The molecule has 2 N–H and O–H groups in total. The number of thiophene rings is 1. The molecule has 27 heavy (non-hydrogen) atoms. The number of nitrogens with zero attached hydrogens (tertiary/aromatic N) is 4. The van der Waals surface area contributed by atoms with Crippen molar-refractivity contribution in [2.75, 3.05) is 17.2 Å². The van der Waals surface area contributed by atoms with E-state index in [0.717, 1.165) is 24.2 Å². The van der Waals surface area contributed by atoms with Gasteiger partial charge in [-0.15, -0.1) is 11.3 Å². The lowest BCUT2D eigenvalue weighted by Crippen LogP contribution is -2.10. The summed E-state index contributed by atoms with van der Waals surface area (Å²) in [6.45, 7) is 4.90. The molecule has 3 heterocycles. The Balaban J connectivity index is 1.63. The number of nitrogens with one attached hydrogen (secondary N) is 2. The summed E-state index contributed by atoms with van der Waals surface area (Å²) in [6, 6.07) is 10.5. The molecule has 0 bridgehead atoms. The number of aryl methyl sites for hydroxylation is 2. The second-order valence-electron chi connectivity index (χ2n) is 6.32. The average molecular weight is 376 g/mol. The molecule has 0 saturated carbocycles. The van der Waals surface area contributed by atoms with Gasteiger partial charge in [0.25, 0.3) is 0 Å². The summed E-state index contributed by atoms with van der Waals surface area (Å²) < 4.78 is 0. The third-order valence-corrected chi connectivity index (χ3v) is 5.15. The van der Waals surface area contributed by atoms with E-state index in [0.29, 0.717) is 22.9 Å². The molecule has 0 aliphatic heterocycles. The number of hydrogen-bond donors (Lipinski definition) is 2. The molecule has 0 saturated heterocycles. The van der Waals surface area contributed by atoms with Gasteiger partial charge in [-0.05, 0) is 48.9 Å². The minimum atomic E-state index is 0.548. The van der Waals surface area contributed by atoms with Crippen LogP contribution in [0.4, 0.5) is 17.5 Å². The quantitative estimate of drug-likeness (QED) is 0.516. The average Bonchev–Trinajstić information content (AvgIpc) is 3.18. The van der Waals surface area contributed by atoms with Gasteiger partial charge in [-0.25, -0.2) is 9.97 Å². The van der Waals surface area contributed by atoms with Gasteiger partial charge in [0.1, 0.15) is 0 Å². The van der Waals surface area contributed by atoms with Crippen LogP contribution in [0.25, 0.3) is 11.2 Å². The number of anilines is 3. The van der Waals surface area contributed by atoms with Crippen molar-refractivity contribution in [3.63, 3.8) is 0 Å². The molecule has 0 aliphatic carbocycles. The van der Waals surface area contributed by atoms with Crippen molar-refractivity contribution in [1.29, 1.82) is 0 Å². The van der Waals surface area contributed by atoms with Crippen molar-refractivity contribution in [1.82, 2.24) is 19.9 Å². The summed E-state index contributed by atoms with van der Waals surface area (Å²) in [7, 11) is 0. The van der Waals surface area contributed by atoms with Crippen molar-refractivity contribution in [2.45, 2.75) is 20.3 Å². The maximum absolute atomic E-state index is 4.65. The van der Waals surface area contributed by atoms with E-state index in [-0.39, 0.29) is 0 Å². The van der Waals surface area contributed by atoms with E-state index in [1.165, 1.54) is 10.4 Å². The van der Waals surface area contributed by atoms with Crippen molar-refractivity contribution < 1.29 is 0 Å². The van der Waals surface area contributed by atoms with Crippen LogP contribution < -0.4 is 10.6 Å². The first-order valence-corrected chi connectivity index (χ1v) is 9.66. The molecule has 3 aromatic heterocycles. The van der Waals surface area contributed by atoms with E-state index < -0.39 is 0 Å². The van der Waals surface area contributed by atoms with Gasteiger partial charge in [-0.3, -0.25) is 0 Å². The molecule has 0 amide bonds. The van der Waals surface area contributed by atoms with Gasteiger partial charge < -0.3 is 10.6 Å². The second kappa shape index (κ2) is 7.67. The molecular formula is C20H20N6S. The van der Waals surface area contributed by atoms with Crippen molar-refractivity contribution in [3.8, 4) is 0 Å². The summed E-state index contributed by atoms with van der Waals surface area (Å²) in [5.74, 6) is 1.20. The SMILES string of the molecule is Cc1ccc(C)c(Nc2nc(NCCc3cccs3)nc3nccnc23)c1. The van der Waals surface area contributed by atoms with Crippen LogP contribution in [0.2, 0.25) is 0 Å². The standard InChI is InChI=1S/C20H20N6S/c1-13-5-6-14(2)16(12-13)24-19-17-18(22-10-9-21-17)25-20(26-19)23-8-7-15-4-3-11-27-15/h3-6,9-12H,7-8H2,1-2H3,(H2,22,23,24,25,26). The molecule has 4 aromatic rings. The fraction of sp³-hybridized carbons (Fsp3) is 0.200. The number of hydrogen-bond acceptors (Lipinski definition) is 7. The van der Waals surface area contributed by atoms with Crippen LogP contribution in [0.3, 0.4) is 0 Å². The highest BCUT2D eigenvalue weighted by Crippen LogP contribution is 2.25. The largest absolute Gasteiger partial charge is 0.354 e. The van der Waals surface area contributed by atoms with Gasteiger partial charge in [0, 0.05) is 29.5 Å². The Bertz CT molecular complexity index is 1060. The van der Waals surface area contributed by atoms with Crippen molar-refractivity contribution in [3.05, 3.63) is 64.1 Å². The van der Waals surface area contributed by atoms with Crippen LogP contribution in [-0.4, -0.2) is 26.5 Å². The van der Waals surface area contributed by atoms with E-state index in [1.54, 1.807) is 23.7 Å². The molecule has 6 nitrogen and oxygen atoms in total. The van der Waals surface area contributed by atoms with Crippen molar-refractivity contribution >= 4 is 40.0 Å². The van der Waals surface area contributed by atoms with E-state index >= 15 is 0 Å². The maximum Gasteiger partial charge on any atom is 0.226 e. The summed E-state index contributed by atoms with van der Waals surface area (Å²) in [5, 5.41) is 8.80. The maximum atomic E-state index is 4.65. The van der Waals surface area contributed by atoms with Crippen LogP contribution in [0.15, 0.2) is 48.1 Å². The van der Waals surface area contributed by atoms with E-state index in [2.05, 4.69) is 80.1 Å². The lowest BCUT2D eigenvalue weighted by Gasteiger charge is -2.13. The van der Waals surface area contributed by atoms with Crippen LogP contribution >= 0.6 is 11.3 Å². The minimum absolute atomic E-state index is 0.548. The number of fused-ring (bicyclic) bond motifs is 1. The zero-order chi connectivity index (χ0) is 18.6. The van der Waals surface area contributed by atoms with E-state index in [9.17, 15) is 0 Å². The summed E-state index contributed by atoms with van der Waals surface area (Å²) in [6.07, 6.45) is 4.23. The Hall–Kier alpha value is -3.06. The Kier molecular flexibility index (Phi) is 4.93. The van der Waals surface area contributed by atoms with Crippen molar-refractivity contribution in [2.24, 2.45) is 0 Å². The third-order valence-electron chi connectivity index (χ3n) is 4.21. The molecule has 0 atom stereocenters. The molecule has 136 valence electrons. The van der Waals surface area contributed by atoms with E-state index in [1.807, 2.05) is 0 Å². The number of aromatic nitrogens is 4. The van der Waals surface area contributed by atoms with Crippen LogP contribution in [0.5, 0.6) is 0 Å². The Labute approximate surface area is 161 Å². The highest BCUT2D eigenvalue weighted by Gasteiger charge is 2.11. The molecule has 1 aromatic carbocycles. The van der Waals surface area contributed by atoms with Crippen LogP contribution in [-0.2, 0) is 6.42 Å². The summed E-state index contributed by atoms with van der Waals surface area (Å²) >= 11 is 1.75. The number of rotatable bonds is 6. The van der Waals surface area contributed by atoms with Crippen LogP contribution in [0.1, 0.15) is 16.0 Å². The third kappa shape index (κ3) is 4.03. The Morgan fingerprint density at radius 1 is 1.04 bits per heavy atom. The first kappa shape index (κ1) is 17.4. The molecule has 7 heteroatoms. The second-order valence-corrected chi connectivity index (χ2v) is 7.36. The lowest BCUT2D eigenvalue weighted by molar-refractivity contribution is 1.00. The summed E-state index contributed by atoms with van der Waals surface area (Å²) in [5.41, 5.74) is 4.55. The van der Waals surface area contributed by atoms with Gasteiger partial charge in [-0.1, -0.05) is 18.2 Å². The fourth-order valence-electron chi connectivity index (χ4n) is 2.78. The highest BCUT2D eigenvalue weighted by molar-refractivity contribution is 7.09. The zero-order valence-corrected chi connectivity index (χ0v) is 16.0. The Morgan fingerprint density at radius 3 is 2.78 bits per heavy atom. The van der Waals surface area contributed by atoms with Gasteiger partial charge >= 0.3 is 0 Å². The van der Waals surface area contributed by atoms with Gasteiger partial charge in [-0.2, -0.15) is 9.97 Å². The monoisotopic (exact) mass is 376 g/mol. The molecule has 0 fully saturated rings. The predicted molar refractivity (Wildman–Crippen MR) is 111 cm³/mol. The van der Waals surface area contributed by atoms with Gasteiger partial charge in [0.05, 0.1) is 0 Å². The first-order chi connectivity index (χ1) is 13.2. The highest BCUT2D eigenvalue weighted by atomic mass is 32.1. The molecular weight excluding hydrogens is 356 g/mol. The minimum Gasteiger partial charge on any atom is -0.354 e. The lowest BCUT2D eigenvalue weighted by atomic mass is 10.1. The van der Waals surface area contributed by atoms with E-state index in [4.69, 9.17) is 0 Å². The predicted octanol–water partition coefficient (Wildman–Crippen LogP) is 4.50. The first-order valence-electron chi connectivity index (χ1n) is 8.78. The Morgan fingerprint density at radius 2 is 1.93 bits per heavy atom. The topological polar surface area (TPSA) is 75.6 Å². The summed E-state index contributed by atoms with van der Waals surface area (Å²) in [4.78, 5) is 19.3. The molecule has 0 aliphatic rings. The number of benzene rings is 1. The smallest absolute Gasteiger partial charge is 0.226 e. The fourth-order valence-corrected chi connectivity index (χ4v) is 3.49. The molecule has 0 spiro atoms. The molecule has 0 radical (unpaired) electrons. The molecule has 4 rings (SSSR count).